The number of hydrogen-bond donors (Lipinski definition) is 1. The second-order valence-corrected chi connectivity index (χ2v) is 11.6. The number of amides is 2. The number of halogens is 1. The molecule has 1 atom stereocenters. The number of benzene rings is 3. The van der Waals surface area contributed by atoms with Crippen LogP contribution in [-0.2, 0) is 26.2 Å². The van der Waals surface area contributed by atoms with E-state index in [1.165, 1.54) is 49.5 Å². The van der Waals surface area contributed by atoms with Crippen molar-refractivity contribution in [2.45, 2.75) is 51.1 Å². The summed E-state index contributed by atoms with van der Waals surface area (Å²) in [6.45, 7) is 5.54. The number of sulfonamides is 1. The van der Waals surface area contributed by atoms with Crippen molar-refractivity contribution in [2.75, 3.05) is 31.6 Å². The van der Waals surface area contributed by atoms with Crippen LogP contribution < -0.4 is 19.1 Å². The summed E-state index contributed by atoms with van der Waals surface area (Å²) in [5.41, 5.74) is 1.85. The molecule has 2 amide bonds. The van der Waals surface area contributed by atoms with Crippen LogP contribution in [-0.4, -0.2) is 58.5 Å². The largest absolute Gasteiger partial charge is 0.493 e. The lowest BCUT2D eigenvalue weighted by Gasteiger charge is -2.33. The maximum Gasteiger partial charge on any atom is 0.264 e. The molecule has 9 nitrogen and oxygen atoms in total. The minimum atomic E-state index is -4.37. The number of rotatable bonds is 14. The van der Waals surface area contributed by atoms with Gasteiger partial charge in [0.1, 0.15) is 18.4 Å². The molecule has 0 heterocycles. The molecule has 0 aliphatic heterocycles. The van der Waals surface area contributed by atoms with Gasteiger partial charge < -0.3 is 19.7 Å². The monoisotopic (exact) mass is 599 g/mol. The summed E-state index contributed by atoms with van der Waals surface area (Å²) >= 11 is 0. The molecule has 1 N–H and O–H groups in total. The van der Waals surface area contributed by atoms with Crippen LogP contribution in [0, 0.1) is 12.7 Å². The SMILES string of the molecule is CCCNC(=O)[C@@H](CC)N(Cc1cccc(C)c1)C(=O)CN(c1ccc(F)cc1)S(=O)(=O)c1ccc(OC)c(OC)c1. The topological polar surface area (TPSA) is 105 Å². The molecule has 0 saturated carbocycles. The van der Waals surface area contributed by atoms with Crippen molar-refractivity contribution in [1.82, 2.24) is 10.2 Å². The van der Waals surface area contributed by atoms with E-state index in [0.717, 1.165) is 34.0 Å². The van der Waals surface area contributed by atoms with Gasteiger partial charge in [-0.05, 0) is 61.7 Å². The first kappa shape index (κ1) is 32.4. The molecule has 226 valence electrons. The fraction of sp³-hybridized carbons (Fsp3) is 0.355. The van der Waals surface area contributed by atoms with Crippen LogP contribution in [0.1, 0.15) is 37.8 Å². The number of anilines is 1. The molecular formula is C31H38FN3O6S. The standard InChI is InChI=1S/C31H38FN3O6S/c1-6-17-33-31(37)27(7-2)34(20-23-10-8-9-22(3)18-23)30(36)21-35(25-13-11-24(32)12-14-25)42(38,39)26-15-16-28(40-4)29(19-26)41-5/h8-16,18-19,27H,6-7,17,20-21H2,1-5H3,(H,33,37)/t27-/m1/s1. The summed E-state index contributed by atoms with van der Waals surface area (Å²) in [5, 5.41) is 2.85. The predicted molar refractivity (Wildman–Crippen MR) is 160 cm³/mol. The Hall–Kier alpha value is -4.12. The highest BCUT2D eigenvalue weighted by Crippen LogP contribution is 2.32. The Labute approximate surface area is 247 Å². The van der Waals surface area contributed by atoms with Gasteiger partial charge in [0, 0.05) is 19.2 Å². The molecule has 0 spiro atoms. The number of methoxy groups -OCH3 is 2. The Bertz CT molecular complexity index is 1480. The zero-order chi connectivity index (χ0) is 30.9. The van der Waals surface area contributed by atoms with Gasteiger partial charge >= 0.3 is 0 Å². The molecular weight excluding hydrogens is 561 g/mol. The Morgan fingerprint density at radius 1 is 0.952 bits per heavy atom. The normalized spacial score (nSPS) is 11.9. The van der Waals surface area contributed by atoms with Crippen molar-refractivity contribution in [3.05, 3.63) is 83.7 Å². The molecule has 3 rings (SSSR count). The van der Waals surface area contributed by atoms with Crippen LogP contribution >= 0.6 is 0 Å². The van der Waals surface area contributed by atoms with E-state index in [1.807, 2.05) is 38.1 Å². The molecule has 3 aromatic rings. The summed E-state index contributed by atoms with van der Waals surface area (Å²) in [6.07, 6.45) is 1.03. The highest BCUT2D eigenvalue weighted by atomic mass is 32.2. The zero-order valence-electron chi connectivity index (χ0n) is 24.6. The van der Waals surface area contributed by atoms with Crippen LogP contribution in [0.4, 0.5) is 10.1 Å². The second-order valence-electron chi connectivity index (χ2n) is 9.73. The Morgan fingerprint density at radius 3 is 2.24 bits per heavy atom. The summed E-state index contributed by atoms with van der Waals surface area (Å²) in [4.78, 5) is 28.5. The smallest absolute Gasteiger partial charge is 0.264 e. The van der Waals surface area contributed by atoms with Crippen molar-refractivity contribution in [2.24, 2.45) is 0 Å². The maximum atomic E-state index is 14.1. The number of aryl methyl sites for hydroxylation is 1. The summed E-state index contributed by atoms with van der Waals surface area (Å²) in [6, 6.07) is 15.6. The maximum absolute atomic E-state index is 14.1. The van der Waals surface area contributed by atoms with Gasteiger partial charge in [-0.2, -0.15) is 0 Å². The number of nitrogens with one attached hydrogen (secondary N) is 1. The summed E-state index contributed by atoms with van der Waals surface area (Å²) in [7, 11) is -1.56. The van der Waals surface area contributed by atoms with E-state index in [9.17, 15) is 22.4 Å². The Morgan fingerprint density at radius 2 is 1.64 bits per heavy atom. The number of nitrogens with zero attached hydrogens (tertiary/aromatic N) is 2. The lowest BCUT2D eigenvalue weighted by atomic mass is 10.1. The number of ether oxygens (including phenoxy) is 2. The Kier molecular flexibility index (Phi) is 11.3. The molecule has 11 heteroatoms. The molecule has 0 aromatic heterocycles. The van der Waals surface area contributed by atoms with E-state index in [4.69, 9.17) is 9.47 Å². The molecule has 3 aromatic carbocycles. The Balaban J connectivity index is 2.09. The van der Waals surface area contributed by atoms with Gasteiger partial charge in [-0.15, -0.1) is 0 Å². The lowest BCUT2D eigenvalue weighted by molar-refractivity contribution is -0.140. The minimum absolute atomic E-state index is 0.0820. The first-order valence-corrected chi connectivity index (χ1v) is 15.1. The van der Waals surface area contributed by atoms with Crippen LogP contribution in [0.5, 0.6) is 11.5 Å². The van der Waals surface area contributed by atoms with Gasteiger partial charge in [0.2, 0.25) is 11.8 Å². The summed E-state index contributed by atoms with van der Waals surface area (Å²) < 4.78 is 53.4. The predicted octanol–water partition coefficient (Wildman–Crippen LogP) is 4.68. The summed E-state index contributed by atoms with van der Waals surface area (Å²) in [5.74, 6) is -0.967. The molecule has 0 saturated heterocycles. The fourth-order valence-corrected chi connectivity index (χ4v) is 5.96. The highest BCUT2D eigenvalue weighted by molar-refractivity contribution is 7.92. The van der Waals surface area contributed by atoms with Crippen molar-refractivity contribution in [3.63, 3.8) is 0 Å². The quantitative estimate of drug-likeness (QED) is 0.289. The minimum Gasteiger partial charge on any atom is -0.493 e. The zero-order valence-corrected chi connectivity index (χ0v) is 25.4. The van der Waals surface area contributed by atoms with Gasteiger partial charge in [0.15, 0.2) is 11.5 Å². The average molecular weight is 600 g/mol. The number of hydrogen-bond acceptors (Lipinski definition) is 6. The van der Waals surface area contributed by atoms with Gasteiger partial charge in [-0.3, -0.25) is 13.9 Å². The molecule has 42 heavy (non-hydrogen) atoms. The van der Waals surface area contributed by atoms with Crippen LogP contribution in [0.3, 0.4) is 0 Å². The van der Waals surface area contributed by atoms with Crippen molar-refractivity contribution in [3.8, 4) is 11.5 Å². The van der Waals surface area contributed by atoms with Gasteiger partial charge in [-0.1, -0.05) is 43.7 Å². The molecule has 0 aliphatic rings. The van der Waals surface area contributed by atoms with Crippen LogP contribution in [0.25, 0.3) is 0 Å². The molecule has 0 aliphatic carbocycles. The molecule has 0 unspecified atom stereocenters. The van der Waals surface area contributed by atoms with E-state index in [0.29, 0.717) is 18.7 Å². The first-order valence-electron chi connectivity index (χ1n) is 13.7. The van der Waals surface area contributed by atoms with Crippen LogP contribution in [0.2, 0.25) is 0 Å². The van der Waals surface area contributed by atoms with E-state index in [-0.39, 0.29) is 28.8 Å². The van der Waals surface area contributed by atoms with Crippen molar-refractivity contribution in [1.29, 1.82) is 0 Å². The van der Waals surface area contributed by atoms with E-state index < -0.39 is 34.3 Å². The number of carbonyl (C=O) groups excluding carboxylic acids is 2. The fourth-order valence-electron chi connectivity index (χ4n) is 4.53. The van der Waals surface area contributed by atoms with Crippen molar-refractivity contribution < 1.29 is 31.9 Å². The van der Waals surface area contributed by atoms with E-state index >= 15 is 0 Å². The first-order chi connectivity index (χ1) is 20.0. The van der Waals surface area contributed by atoms with Gasteiger partial charge in [0.25, 0.3) is 10.0 Å². The van der Waals surface area contributed by atoms with E-state index in [2.05, 4.69) is 5.32 Å². The number of carbonyl (C=O) groups is 2. The third-order valence-electron chi connectivity index (χ3n) is 6.71. The second kappa shape index (κ2) is 14.7. The molecule has 0 bridgehead atoms. The van der Waals surface area contributed by atoms with Crippen molar-refractivity contribution >= 4 is 27.5 Å². The van der Waals surface area contributed by atoms with Crippen LogP contribution in [0.15, 0.2) is 71.6 Å². The molecule has 0 radical (unpaired) electrons. The highest BCUT2D eigenvalue weighted by Gasteiger charge is 2.34. The average Bonchev–Trinajstić information content (AvgIpc) is 2.98. The third kappa shape index (κ3) is 7.79. The lowest BCUT2D eigenvalue weighted by Crippen LogP contribution is -2.52. The third-order valence-corrected chi connectivity index (χ3v) is 8.48. The van der Waals surface area contributed by atoms with Gasteiger partial charge in [0.05, 0.1) is 24.8 Å². The van der Waals surface area contributed by atoms with Gasteiger partial charge in [-0.25, -0.2) is 12.8 Å². The van der Waals surface area contributed by atoms with E-state index in [1.54, 1.807) is 6.92 Å². The molecule has 0 fully saturated rings.